The second-order valence-electron chi connectivity index (χ2n) is 4.92. The van der Waals surface area contributed by atoms with Gasteiger partial charge < -0.3 is 10.4 Å². The summed E-state index contributed by atoms with van der Waals surface area (Å²) in [5, 5.41) is 11.9. The fourth-order valence-electron chi connectivity index (χ4n) is 2.46. The number of benzene rings is 1. The van der Waals surface area contributed by atoms with Crippen molar-refractivity contribution < 1.29 is 14.3 Å². The zero-order chi connectivity index (χ0) is 13.0. The van der Waals surface area contributed by atoms with Gasteiger partial charge in [-0.2, -0.15) is 0 Å². The standard InChI is InChI=1S/C14H18FNO2/c15-12-6-4-10(5-7-12)2-1-3-11-8-13(14(17)18)16-9-11/h4-7,11,13,16H,1-3,8-9H2,(H,17,18). The summed E-state index contributed by atoms with van der Waals surface area (Å²) in [5.74, 6) is -0.509. The van der Waals surface area contributed by atoms with Crippen molar-refractivity contribution in [1.82, 2.24) is 5.32 Å². The Kier molecular flexibility index (Phi) is 4.31. The molecule has 1 aliphatic rings. The van der Waals surface area contributed by atoms with E-state index in [0.29, 0.717) is 5.92 Å². The van der Waals surface area contributed by atoms with Gasteiger partial charge in [0.25, 0.3) is 0 Å². The number of carbonyl (C=O) groups is 1. The van der Waals surface area contributed by atoms with Gasteiger partial charge in [0.2, 0.25) is 0 Å². The molecule has 1 aromatic rings. The average Bonchev–Trinajstić information content (AvgIpc) is 2.81. The Bertz CT molecular complexity index is 405. The van der Waals surface area contributed by atoms with Crippen molar-refractivity contribution in [2.24, 2.45) is 5.92 Å². The summed E-state index contributed by atoms with van der Waals surface area (Å²) >= 11 is 0. The summed E-state index contributed by atoms with van der Waals surface area (Å²) in [4.78, 5) is 10.8. The SMILES string of the molecule is O=C(O)C1CC(CCCc2ccc(F)cc2)CN1. The third-order valence-electron chi connectivity index (χ3n) is 3.51. The molecule has 18 heavy (non-hydrogen) atoms. The van der Waals surface area contributed by atoms with Gasteiger partial charge in [-0.15, -0.1) is 0 Å². The van der Waals surface area contributed by atoms with Crippen molar-refractivity contribution in [2.75, 3.05) is 6.54 Å². The third-order valence-corrected chi connectivity index (χ3v) is 3.51. The number of rotatable bonds is 5. The van der Waals surface area contributed by atoms with Crippen LogP contribution in [0.25, 0.3) is 0 Å². The highest BCUT2D eigenvalue weighted by atomic mass is 19.1. The molecule has 0 radical (unpaired) electrons. The van der Waals surface area contributed by atoms with Gasteiger partial charge >= 0.3 is 5.97 Å². The lowest BCUT2D eigenvalue weighted by atomic mass is 9.97. The zero-order valence-corrected chi connectivity index (χ0v) is 10.2. The zero-order valence-electron chi connectivity index (χ0n) is 10.2. The molecule has 3 nitrogen and oxygen atoms in total. The maximum Gasteiger partial charge on any atom is 0.320 e. The molecule has 98 valence electrons. The molecule has 0 spiro atoms. The molecule has 1 fully saturated rings. The van der Waals surface area contributed by atoms with Crippen LogP contribution in [0, 0.1) is 11.7 Å². The predicted octanol–water partition coefficient (Wildman–Crippen LogP) is 2.21. The van der Waals surface area contributed by atoms with Crippen molar-refractivity contribution >= 4 is 5.97 Å². The van der Waals surface area contributed by atoms with Crippen LogP contribution in [0.5, 0.6) is 0 Å². The Hall–Kier alpha value is -1.42. The summed E-state index contributed by atoms with van der Waals surface area (Å²) < 4.78 is 12.7. The quantitative estimate of drug-likeness (QED) is 0.843. The smallest absolute Gasteiger partial charge is 0.320 e. The van der Waals surface area contributed by atoms with Gasteiger partial charge in [-0.3, -0.25) is 4.79 Å². The van der Waals surface area contributed by atoms with Crippen molar-refractivity contribution in [2.45, 2.75) is 31.7 Å². The van der Waals surface area contributed by atoms with Crippen molar-refractivity contribution in [3.63, 3.8) is 0 Å². The highest BCUT2D eigenvalue weighted by Crippen LogP contribution is 2.20. The molecule has 0 amide bonds. The number of carboxylic acid groups (broad SMARTS) is 1. The Morgan fingerprint density at radius 3 is 2.72 bits per heavy atom. The third kappa shape index (κ3) is 3.53. The fourth-order valence-corrected chi connectivity index (χ4v) is 2.46. The molecule has 1 saturated heterocycles. The minimum atomic E-state index is -0.754. The Morgan fingerprint density at radius 1 is 1.39 bits per heavy atom. The van der Waals surface area contributed by atoms with Gasteiger partial charge in [0.05, 0.1) is 0 Å². The molecule has 1 aromatic carbocycles. The topological polar surface area (TPSA) is 49.3 Å². The van der Waals surface area contributed by atoms with Crippen LogP contribution >= 0.6 is 0 Å². The molecular formula is C14H18FNO2. The summed E-state index contributed by atoms with van der Waals surface area (Å²) in [7, 11) is 0. The first kappa shape index (κ1) is 13.0. The Morgan fingerprint density at radius 2 is 2.11 bits per heavy atom. The number of hydrogen-bond acceptors (Lipinski definition) is 2. The van der Waals surface area contributed by atoms with Crippen LogP contribution in [0.2, 0.25) is 0 Å². The first-order valence-corrected chi connectivity index (χ1v) is 6.36. The summed E-state index contributed by atoms with van der Waals surface area (Å²) in [5.41, 5.74) is 1.14. The lowest BCUT2D eigenvalue weighted by Gasteiger charge is -2.08. The summed E-state index contributed by atoms with van der Waals surface area (Å²) in [6.07, 6.45) is 3.69. The molecule has 0 bridgehead atoms. The Labute approximate surface area is 106 Å². The molecule has 2 atom stereocenters. The van der Waals surface area contributed by atoms with E-state index in [1.165, 1.54) is 12.1 Å². The van der Waals surface area contributed by atoms with Crippen LogP contribution in [0.4, 0.5) is 4.39 Å². The molecular weight excluding hydrogens is 233 g/mol. The van der Waals surface area contributed by atoms with Crippen molar-refractivity contribution in [1.29, 1.82) is 0 Å². The minimum absolute atomic E-state index is 0.206. The van der Waals surface area contributed by atoms with Crippen molar-refractivity contribution in [3.8, 4) is 0 Å². The molecule has 2 rings (SSSR count). The largest absolute Gasteiger partial charge is 0.480 e. The molecule has 0 aliphatic carbocycles. The second-order valence-corrected chi connectivity index (χ2v) is 4.92. The first-order valence-electron chi connectivity index (χ1n) is 6.36. The van der Waals surface area contributed by atoms with Crippen molar-refractivity contribution in [3.05, 3.63) is 35.6 Å². The van der Waals surface area contributed by atoms with E-state index in [1.54, 1.807) is 0 Å². The second kappa shape index (κ2) is 5.96. The molecule has 2 unspecified atom stereocenters. The highest BCUT2D eigenvalue weighted by molar-refractivity contribution is 5.73. The maximum atomic E-state index is 12.7. The van der Waals surface area contributed by atoms with Crippen LogP contribution in [0.1, 0.15) is 24.8 Å². The molecule has 1 aliphatic heterocycles. The van der Waals surface area contributed by atoms with Gasteiger partial charge in [-0.1, -0.05) is 12.1 Å². The number of aliphatic carboxylic acids is 1. The first-order chi connectivity index (χ1) is 8.65. The minimum Gasteiger partial charge on any atom is -0.480 e. The maximum absolute atomic E-state index is 12.7. The average molecular weight is 251 g/mol. The molecule has 4 heteroatoms. The number of halogens is 1. The van der Waals surface area contributed by atoms with E-state index in [0.717, 1.165) is 37.8 Å². The van der Waals surface area contributed by atoms with E-state index in [9.17, 15) is 9.18 Å². The Balaban J connectivity index is 1.70. The lowest BCUT2D eigenvalue weighted by Crippen LogP contribution is -2.29. The van der Waals surface area contributed by atoms with Gasteiger partial charge in [-0.05, 0) is 55.8 Å². The number of hydrogen-bond donors (Lipinski definition) is 2. The predicted molar refractivity (Wildman–Crippen MR) is 66.9 cm³/mol. The van der Waals surface area contributed by atoms with Gasteiger partial charge in [-0.25, -0.2) is 4.39 Å². The van der Waals surface area contributed by atoms with Gasteiger partial charge in [0.1, 0.15) is 11.9 Å². The molecule has 0 aromatic heterocycles. The van der Waals surface area contributed by atoms with E-state index in [2.05, 4.69) is 5.32 Å². The number of carboxylic acids is 1. The highest BCUT2D eigenvalue weighted by Gasteiger charge is 2.28. The van der Waals surface area contributed by atoms with Crippen LogP contribution in [-0.4, -0.2) is 23.7 Å². The van der Waals surface area contributed by atoms with Gasteiger partial charge in [0, 0.05) is 0 Å². The van der Waals surface area contributed by atoms with E-state index in [4.69, 9.17) is 5.11 Å². The van der Waals surface area contributed by atoms with Crippen LogP contribution < -0.4 is 5.32 Å². The normalized spacial score (nSPS) is 23.2. The van der Waals surface area contributed by atoms with Gasteiger partial charge in [0.15, 0.2) is 0 Å². The summed E-state index contributed by atoms with van der Waals surface area (Å²) in [6.45, 7) is 0.792. The number of aryl methyl sites for hydroxylation is 1. The molecule has 0 saturated carbocycles. The van der Waals surface area contributed by atoms with E-state index in [-0.39, 0.29) is 11.9 Å². The van der Waals surface area contributed by atoms with E-state index < -0.39 is 5.97 Å². The number of nitrogens with one attached hydrogen (secondary N) is 1. The monoisotopic (exact) mass is 251 g/mol. The summed E-state index contributed by atoms with van der Waals surface area (Å²) in [6, 6.07) is 6.20. The lowest BCUT2D eigenvalue weighted by molar-refractivity contribution is -0.139. The fraction of sp³-hybridized carbons (Fsp3) is 0.500. The molecule has 2 N–H and O–H groups in total. The van der Waals surface area contributed by atoms with Crippen LogP contribution in [-0.2, 0) is 11.2 Å². The molecule has 1 heterocycles. The van der Waals surface area contributed by atoms with Crippen LogP contribution in [0.15, 0.2) is 24.3 Å². The van der Waals surface area contributed by atoms with E-state index in [1.807, 2.05) is 12.1 Å². The van der Waals surface area contributed by atoms with E-state index >= 15 is 0 Å². The van der Waals surface area contributed by atoms with Crippen LogP contribution in [0.3, 0.4) is 0 Å².